The second-order valence-corrected chi connectivity index (χ2v) is 8.25. The maximum absolute atomic E-state index is 12.1. The van der Waals surface area contributed by atoms with Crippen LogP contribution < -0.4 is 10.2 Å². The number of nitrogens with zero attached hydrogens (tertiary/aromatic N) is 4. The smallest absolute Gasteiger partial charge is 0.407 e. The molecule has 0 spiro atoms. The second-order valence-electron chi connectivity index (χ2n) is 7.86. The van der Waals surface area contributed by atoms with Crippen LogP contribution in [0.1, 0.15) is 33.6 Å². The average molecular weight is 392 g/mol. The van der Waals surface area contributed by atoms with Crippen LogP contribution in [0.25, 0.3) is 11.1 Å². The maximum atomic E-state index is 12.1. The van der Waals surface area contributed by atoms with Crippen molar-refractivity contribution < 1.29 is 9.53 Å². The van der Waals surface area contributed by atoms with Gasteiger partial charge in [-0.15, -0.1) is 0 Å². The van der Waals surface area contributed by atoms with E-state index >= 15 is 0 Å². The van der Waals surface area contributed by atoms with Crippen molar-refractivity contribution in [2.24, 2.45) is 7.05 Å². The zero-order valence-corrected chi connectivity index (χ0v) is 17.0. The number of nitrogens with one attached hydrogen (secondary N) is 1. The molecule has 0 aliphatic carbocycles. The first-order chi connectivity index (χ1) is 12.7. The highest BCUT2D eigenvalue weighted by molar-refractivity contribution is 6.29. The highest BCUT2D eigenvalue weighted by atomic mass is 35.5. The fourth-order valence-electron chi connectivity index (χ4n) is 3.25. The molecule has 1 aliphatic heterocycles. The lowest BCUT2D eigenvalue weighted by atomic mass is 10.0. The number of hydrogen-bond donors (Lipinski definition) is 1. The van der Waals surface area contributed by atoms with Gasteiger partial charge in [-0.2, -0.15) is 5.10 Å². The summed E-state index contributed by atoms with van der Waals surface area (Å²) in [5.41, 5.74) is 2.45. The Labute approximate surface area is 164 Å². The molecule has 1 atom stereocenters. The number of alkyl carbamates (subject to hydrolysis) is 1. The second kappa shape index (κ2) is 7.76. The SMILES string of the molecule is Cn1cc(-c2cnc(Cl)cc2N2CCC[C@H](NC(=O)OC(C)(C)C)C2)cn1. The van der Waals surface area contributed by atoms with Crippen molar-refractivity contribution in [1.29, 1.82) is 0 Å². The van der Waals surface area contributed by atoms with Crippen molar-refractivity contribution in [3.05, 3.63) is 29.8 Å². The lowest BCUT2D eigenvalue weighted by Gasteiger charge is -2.36. The summed E-state index contributed by atoms with van der Waals surface area (Å²) < 4.78 is 7.15. The molecule has 0 aromatic carbocycles. The molecule has 2 aromatic rings. The monoisotopic (exact) mass is 391 g/mol. The highest BCUT2D eigenvalue weighted by Crippen LogP contribution is 2.33. The van der Waals surface area contributed by atoms with E-state index in [1.165, 1.54) is 0 Å². The first-order valence-electron chi connectivity index (χ1n) is 9.10. The highest BCUT2D eigenvalue weighted by Gasteiger charge is 2.26. The van der Waals surface area contributed by atoms with Crippen LogP contribution in [0.3, 0.4) is 0 Å². The summed E-state index contributed by atoms with van der Waals surface area (Å²) in [6.45, 7) is 7.16. The third-order valence-corrected chi connectivity index (χ3v) is 4.55. The van der Waals surface area contributed by atoms with Crippen LogP contribution in [0, 0.1) is 0 Å². The van der Waals surface area contributed by atoms with Gasteiger partial charge in [-0.1, -0.05) is 11.6 Å². The standard InChI is InChI=1S/C19H26ClN5O2/c1-19(2,3)27-18(26)23-14-6-5-7-25(12-14)16-8-17(20)21-10-15(16)13-9-22-24(4)11-13/h8-11,14H,5-7,12H2,1-4H3,(H,23,26)/t14-/m0/s1. The Morgan fingerprint density at radius 1 is 1.37 bits per heavy atom. The Balaban J connectivity index is 1.78. The number of anilines is 1. The van der Waals surface area contributed by atoms with E-state index in [4.69, 9.17) is 16.3 Å². The van der Waals surface area contributed by atoms with Gasteiger partial charge in [-0.25, -0.2) is 9.78 Å². The summed E-state index contributed by atoms with van der Waals surface area (Å²) in [5, 5.41) is 7.68. The zero-order valence-electron chi connectivity index (χ0n) is 16.2. The van der Waals surface area contributed by atoms with Gasteiger partial charge in [0.1, 0.15) is 10.8 Å². The number of aryl methyl sites for hydroxylation is 1. The topological polar surface area (TPSA) is 72.3 Å². The van der Waals surface area contributed by atoms with Gasteiger partial charge in [0.05, 0.1) is 6.20 Å². The molecular formula is C19H26ClN5O2. The largest absolute Gasteiger partial charge is 0.444 e. The minimum Gasteiger partial charge on any atom is -0.444 e. The first-order valence-corrected chi connectivity index (χ1v) is 9.48. The summed E-state index contributed by atoms with van der Waals surface area (Å²) in [7, 11) is 1.88. The lowest BCUT2D eigenvalue weighted by molar-refractivity contribution is 0.0500. The van der Waals surface area contributed by atoms with E-state index in [0.717, 1.165) is 36.2 Å². The summed E-state index contributed by atoms with van der Waals surface area (Å²) in [6.07, 6.45) is 7.04. The van der Waals surface area contributed by atoms with Crippen LogP contribution >= 0.6 is 11.6 Å². The Kier molecular flexibility index (Phi) is 5.60. The maximum Gasteiger partial charge on any atom is 0.407 e. The van der Waals surface area contributed by atoms with E-state index in [-0.39, 0.29) is 12.1 Å². The van der Waals surface area contributed by atoms with Crippen LogP contribution in [-0.4, -0.2) is 45.6 Å². The summed E-state index contributed by atoms with van der Waals surface area (Å²) in [5.74, 6) is 0. The molecule has 27 heavy (non-hydrogen) atoms. The molecule has 0 bridgehead atoms. The molecule has 1 amide bonds. The van der Waals surface area contributed by atoms with Crippen molar-refractivity contribution in [3.63, 3.8) is 0 Å². The van der Waals surface area contributed by atoms with E-state index in [1.54, 1.807) is 10.9 Å². The molecule has 1 N–H and O–H groups in total. The van der Waals surface area contributed by atoms with Gasteiger partial charge in [0, 0.05) is 55.4 Å². The average Bonchev–Trinajstić information content (AvgIpc) is 2.99. The molecule has 8 heteroatoms. The fraction of sp³-hybridized carbons (Fsp3) is 0.526. The minimum atomic E-state index is -0.509. The number of ether oxygens (including phenoxy) is 1. The number of halogens is 1. The van der Waals surface area contributed by atoms with Crippen molar-refractivity contribution in [2.75, 3.05) is 18.0 Å². The fourth-order valence-corrected chi connectivity index (χ4v) is 3.40. The van der Waals surface area contributed by atoms with Gasteiger partial charge in [0.25, 0.3) is 0 Å². The Morgan fingerprint density at radius 2 is 2.15 bits per heavy atom. The predicted molar refractivity (Wildman–Crippen MR) is 106 cm³/mol. The molecule has 0 radical (unpaired) electrons. The number of piperidine rings is 1. The minimum absolute atomic E-state index is 0.0160. The third kappa shape index (κ3) is 5.13. The normalized spacial score (nSPS) is 17.7. The van der Waals surface area contributed by atoms with Gasteiger partial charge >= 0.3 is 6.09 Å². The molecule has 1 fully saturated rings. The van der Waals surface area contributed by atoms with Crippen molar-refractivity contribution >= 4 is 23.4 Å². The molecule has 3 heterocycles. The lowest BCUT2D eigenvalue weighted by Crippen LogP contribution is -2.49. The molecular weight excluding hydrogens is 366 g/mol. The van der Waals surface area contributed by atoms with E-state index in [0.29, 0.717) is 11.7 Å². The Hall–Kier alpha value is -2.28. The Bertz CT molecular complexity index is 815. The summed E-state index contributed by atoms with van der Waals surface area (Å²) >= 11 is 6.17. The number of aromatic nitrogens is 3. The number of carbonyl (C=O) groups excluding carboxylic acids is 1. The molecule has 1 saturated heterocycles. The number of pyridine rings is 1. The number of hydrogen-bond acceptors (Lipinski definition) is 5. The van der Waals surface area contributed by atoms with Gasteiger partial charge in [-0.05, 0) is 39.7 Å². The van der Waals surface area contributed by atoms with Crippen molar-refractivity contribution in [1.82, 2.24) is 20.1 Å². The summed E-state index contributed by atoms with van der Waals surface area (Å²) in [6, 6.07) is 1.89. The first kappa shape index (κ1) is 19.5. The van der Waals surface area contributed by atoms with Crippen LogP contribution in [0.5, 0.6) is 0 Å². The van der Waals surface area contributed by atoms with E-state index in [1.807, 2.05) is 46.3 Å². The van der Waals surface area contributed by atoms with Crippen LogP contribution in [-0.2, 0) is 11.8 Å². The van der Waals surface area contributed by atoms with Gasteiger partial charge in [0.2, 0.25) is 0 Å². The number of rotatable bonds is 3. The zero-order chi connectivity index (χ0) is 19.6. The van der Waals surface area contributed by atoms with Gasteiger partial charge in [0.15, 0.2) is 0 Å². The van der Waals surface area contributed by atoms with Gasteiger partial charge < -0.3 is 15.0 Å². The molecule has 146 valence electrons. The molecule has 0 unspecified atom stereocenters. The molecule has 7 nitrogen and oxygen atoms in total. The Morgan fingerprint density at radius 3 is 2.81 bits per heavy atom. The number of amides is 1. The molecule has 1 aliphatic rings. The van der Waals surface area contributed by atoms with E-state index in [9.17, 15) is 4.79 Å². The van der Waals surface area contributed by atoms with E-state index < -0.39 is 5.60 Å². The number of carbonyl (C=O) groups is 1. The van der Waals surface area contributed by atoms with Crippen molar-refractivity contribution in [2.45, 2.75) is 45.3 Å². The van der Waals surface area contributed by atoms with Crippen LogP contribution in [0.4, 0.5) is 10.5 Å². The van der Waals surface area contributed by atoms with Crippen LogP contribution in [0.15, 0.2) is 24.7 Å². The van der Waals surface area contributed by atoms with E-state index in [2.05, 4.69) is 20.3 Å². The molecule has 2 aromatic heterocycles. The van der Waals surface area contributed by atoms with Crippen LogP contribution in [0.2, 0.25) is 5.15 Å². The predicted octanol–water partition coefficient (Wildman–Crippen LogP) is 3.63. The quantitative estimate of drug-likeness (QED) is 0.809. The molecule has 0 saturated carbocycles. The summed E-state index contributed by atoms with van der Waals surface area (Å²) in [4.78, 5) is 18.6. The molecule has 3 rings (SSSR count). The van der Waals surface area contributed by atoms with Gasteiger partial charge in [-0.3, -0.25) is 4.68 Å². The van der Waals surface area contributed by atoms with Crippen molar-refractivity contribution in [3.8, 4) is 11.1 Å². The third-order valence-electron chi connectivity index (χ3n) is 4.35.